The van der Waals surface area contributed by atoms with Crippen LogP contribution in [-0.4, -0.2) is 25.2 Å². The highest BCUT2D eigenvalue weighted by Crippen LogP contribution is 2.17. The third kappa shape index (κ3) is 8.09. The van der Waals surface area contributed by atoms with Gasteiger partial charge in [0.05, 0.1) is 25.6 Å². The van der Waals surface area contributed by atoms with Crippen molar-refractivity contribution in [2.45, 2.75) is 59.3 Å². The summed E-state index contributed by atoms with van der Waals surface area (Å²) in [4.78, 5) is 23.1. The topological polar surface area (TPSA) is 52.6 Å². The smallest absolute Gasteiger partial charge is 0.309 e. The minimum atomic E-state index is -0.346. The van der Waals surface area contributed by atoms with Crippen LogP contribution in [-0.2, 0) is 19.1 Å². The molecule has 0 bridgehead atoms. The average Bonchev–Trinajstić information content (AvgIpc) is 2.33. The zero-order valence-electron chi connectivity index (χ0n) is 11.9. The third-order valence-electron chi connectivity index (χ3n) is 2.74. The van der Waals surface area contributed by atoms with Crippen LogP contribution in [0.4, 0.5) is 0 Å². The predicted octanol–water partition coefficient (Wildman–Crippen LogP) is 3.09. The number of ether oxygens (including phenoxy) is 2. The number of hydrogen-bond donors (Lipinski definition) is 0. The van der Waals surface area contributed by atoms with E-state index in [2.05, 4.69) is 6.92 Å². The molecule has 0 aliphatic carbocycles. The molecule has 1 unspecified atom stereocenters. The van der Waals surface area contributed by atoms with Gasteiger partial charge in [-0.15, -0.1) is 0 Å². The molecule has 18 heavy (non-hydrogen) atoms. The molecule has 0 amide bonds. The maximum atomic E-state index is 11.7. The Bertz CT molecular complexity index is 238. The molecule has 106 valence electrons. The lowest BCUT2D eigenvalue weighted by Crippen LogP contribution is -2.22. The Morgan fingerprint density at radius 1 is 0.944 bits per heavy atom. The quantitative estimate of drug-likeness (QED) is 0.446. The molecule has 0 aromatic heterocycles. The summed E-state index contributed by atoms with van der Waals surface area (Å²) < 4.78 is 9.87. The first-order chi connectivity index (χ1) is 8.65. The standard InChI is InChI=1S/C14H26O4/c1-4-7-8-9-10-12(14(16)18-6-3)11-13(15)17-5-2/h12H,4-11H2,1-3H3. The number of rotatable bonds is 10. The van der Waals surface area contributed by atoms with Gasteiger partial charge in [-0.05, 0) is 20.3 Å². The van der Waals surface area contributed by atoms with Gasteiger partial charge >= 0.3 is 11.9 Å². The molecule has 0 saturated heterocycles. The number of carbonyl (C=O) groups is 2. The van der Waals surface area contributed by atoms with Crippen LogP contribution in [0.25, 0.3) is 0 Å². The molecule has 0 rings (SSSR count). The lowest BCUT2D eigenvalue weighted by atomic mass is 9.97. The Balaban J connectivity index is 4.15. The molecule has 0 aromatic rings. The van der Waals surface area contributed by atoms with E-state index < -0.39 is 0 Å². The molecule has 4 heteroatoms. The van der Waals surface area contributed by atoms with Crippen molar-refractivity contribution < 1.29 is 19.1 Å². The van der Waals surface area contributed by atoms with E-state index in [4.69, 9.17) is 9.47 Å². The number of unbranched alkanes of at least 4 members (excludes halogenated alkanes) is 3. The molecule has 0 spiro atoms. The summed E-state index contributed by atoms with van der Waals surface area (Å²) in [5.74, 6) is -0.936. The molecule has 0 saturated carbocycles. The molecule has 0 aliphatic heterocycles. The van der Waals surface area contributed by atoms with Crippen LogP contribution in [0.15, 0.2) is 0 Å². The van der Waals surface area contributed by atoms with Crippen LogP contribution in [0.3, 0.4) is 0 Å². The fourth-order valence-corrected chi connectivity index (χ4v) is 1.80. The summed E-state index contributed by atoms with van der Waals surface area (Å²) in [7, 11) is 0. The number of esters is 2. The first-order valence-corrected chi connectivity index (χ1v) is 6.97. The van der Waals surface area contributed by atoms with Crippen molar-refractivity contribution in [3.05, 3.63) is 0 Å². The van der Waals surface area contributed by atoms with Crippen molar-refractivity contribution in [3.8, 4) is 0 Å². The van der Waals surface area contributed by atoms with Gasteiger partial charge in [0.1, 0.15) is 0 Å². The average molecular weight is 258 g/mol. The Morgan fingerprint density at radius 2 is 1.61 bits per heavy atom. The van der Waals surface area contributed by atoms with Crippen molar-refractivity contribution in [2.75, 3.05) is 13.2 Å². The highest BCUT2D eigenvalue weighted by atomic mass is 16.5. The van der Waals surface area contributed by atoms with E-state index in [1.54, 1.807) is 13.8 Å². The van der Waals surface area contributed by atoms with E-state index in [-0.39, 0.29) is 24.3 Å². The van der Waals surface area contributed by atoms with Crippen molar-refractivity contribution in [1.29, 1.82) is 0 Å². The highest BCUT2D eigenvalue weighted by Gasteiger charge is 2.23. The second-order valence-electron chi connectivity index (χ2n) is 4.31. The molecule has 0 aliphatic rings. The van der Waals surface area contributed by atoms with Gasteiger partial charge in [0, 0.05) is 0 Å². The van der Waals surface area contributed by atoms with E-state index in [9.17, 15) is 9.59 Å². The molecule has 0 fully saturated rings. The van der Waals surface area contributed by atoms with Gasteiger partial charge in [-0.1, -0.05) is 32.6 Å². The molecular formula is C14H26O4. The molecule has 4 nitrogen and oxygen atoms in total. The van der Waals surface area contributed by atoms with E-state index in [0.717, 1.165) is 25.7 Å². The number of hydrogen-bond acceptors (Lipinski definition) is 4. The van der Waals surface area contributed by atoms with Crippen molar-refractivity contribution >= 4 is 11.9 Å². The second kappa shape index (κ2) is 11.1. The van der Waals surface area contributed by atoms with Gasteiger partial charge in [0.15, 0.2) is 0 Å². The zero-order chi connectivity index (χ0) is 13.8. The minimum absolute atomic E-state index is 0.138. The van der Waals surface area contributed by atoms with Gasteiger partial charge < -0.3 is 9.47 Å². The minimum Gasteiger partial charge on any atom is -0.466 e. The SMILES string of the molecule is CCCCCCC(CC(=O)OCC)C(=O)OCC. The predicted molar refractivity (Wildman–Crippen MR) is 70.1 cm³/mol. The Morgan fingerprint density at radius 3 is 2.17 bits per heavy atom. The van der Waals surface area contributed by atoms with E-state index in [1.807, 2.05) is 0 Å². The fraction of sp³-hybridized carbons (Fsp3) is 0.857. The first-order valence-electron chi connectivity index (χ1n) is 6.97. The van der Waals surface area contributed by atoms with Crippen LogP contribution in [0, 0.1) is 5.92 Å². The van der Waals surface area contributed by atoms with E-state index in [1.165, 1.54) is 0 Å². The maximum absolute atomic E-state index is 11.7. The van der Waals surface area contributed by atoms with Gasteiger partial charge in [0.2, 0.25) is 0 Å². The Kier molecular flexibility index (Phi) is 10.4. The summed E-state index contributed by atoms with van der Waals surface area (Å²) in [6.45, 7) is 6.38. The Labute approximate surface area is 110 Å². The van der Waals surface area contributed by atoms with Crippen LogP contribution in [0.5, 0.6) is 0 Å². The van der Waals surface area contributed by atoms with Crippen molar-refractivity contribution in [2.24, 2.45) is 5.92 Å². The lowest BCUT2D eigenvalue weighted by molar-refractivity contribution is -0.155. The summed E-state index contributed by atoms with van der Waals surface area (Å²) >= 11 is 0. The number of carbonyl (C=O) groups excluding carboxylic acids is 2. The van der Waals surface area contributed by atoms with E-state index >= 15 is 0 Å². The monoisotopic (exact) mass is 258 g/mol. The van der Waals surface area contributed by atoms with Crippen LogP contribution in [0.1, 0.15) is 59.3 Å². The van der Waals surface area contributed by atoms with Gasteiger partial charge in [-0.2, -0.15) is 0 Å². The molecule has 1 atom stereocenters. The largest absolute Gasteiger partial charge is 0.466 e. The Hall–Kier alpha value is -1.06. The normalized spacial score (nSPS) is 11.9. The van der Waals surface area contributed by atoms with Gasteiger partial charge in [0.25, 0.3) is 0 Å². The summed E-state index contributed by atoms with van der Waals surface area (Å²) in [5, 5.41) is 0. The maximum Gasteiger partial charge on any atom is 0.309 e. The van der Waals surface area contributed by atoms with Crippen LogP contribution < -0.4 is 0 Å². The third-order valence-corrected chi connectivity index (χ3v) is 2.74. The molecule has 0 radical (unpaired) electrons. The first kappa shape index (κ1) is 16.9. The highest BCUT2D eigenvalue weighted by molar-refractivity contribution is 5.79. The molecule has 0 N–H and O–H groups in total. The summed E-state index contributed by atoms with van der Waals surface area (Å²) in [5.41, 5.74) is 0. The zero-order valence-corrected chi connectivity index (χ0v) is 11.9. The van der Waals surface area contributed by atoms with Crippen molar-refractivity contribution in [3.63, 3.8) is 0 Å². The van der Waals surface area contributed by atoms with Crippen LogP contribution >= 0.6 is 0 Å². The molecular weight excluding hydrogens is 232 g/mol. The molecule has 0 aromatic carbocycles. The summed E-state index contributed by atoms with van der Waals surface area (Å²) in [6, 6.07) is 0. The van der Waals surface area contributed by atoms with E-state index in [0.29, 0.717) is 19.6 Å². The second-order valence-corrected chi connectivity index (χ2v) is 4.31. The van der Waals surface area contributed by atoms with Gasteiger partial charge in [-0.3, -0.25) is 9.59 Å². The lowest BCUT2D eigenvalue weighted by Gasteiger charge is -2.14. The van der Waals surface area contributed by atoms with Crippen molar-refractivity contribution in [1.82, 2.24) is 0 Å². The van der Waals surface area contributed by atoms with Crippen LogP contribution in [0.2, 0.25) is 0 Å². The van der Waals surface area contributed by atoms with Gasteiger partial charge in [-0.25, -0.2) is 0 Å². The fourth-order valence-electron chi connectivity index (χ4n) is 1.80. The molecule has 0 heterocycles. The summed E-state index contributed by atoms with van der Waals surface area (Å²) in [6.07, 6.45) is 5.21.